The summed E-state index contributed by atoms with van der Waals surface area (Å²) in [4.78, 5) is 40.3. The monoisotopic (exact) mass is 422 g/mol. The third-order valence-electron chi connectivity index (χ3n) is 3.93. The number of amides is 1. The van der Waals surface area contributed by atoms with E-state index in [9.17, 15) is 14.4 Å². The minimum Gasteiger partial charge on any atom is -0.493 e. The number of esters is 2. The minimum absolute atomic E-state index is 0.124. The molecule has 9 nitrogen and oxygen atoms in total. The number of hydrogen-bond donors (Lipinski definition) is 1. The molecule has 1 heterocycles. The average molecular weight is 422 g/mol. The largest absolute Gasteiger partial charge is 0.493 e. The van der Waals surface area contributed by atoms with Crippen molar-refractivity contribution in [2.75, 3.05) is 13.7 Å². The van der Waals surface area contributed by atoms with Gasteiger partial charge in [-0.05, 0) is 20.3 Å². The molecule has 9 heteroatoms. The van der Waals surface area contributed by atoms with Crippen molar-refractivity contribution in [1.29, 1.82) is 0 Å². The number of nitrogens with one attached hydrogen (secondary N) is 1. The van der Waals surface area contributed by atoms with E-state index >= 15 is 0 Å². The van der Waals surface area contributed by atoms with E-state index in [1.165, 1.54) is 33.2 Å². The summed E-state index contributed by atoms with van der Waals surface area (Å²) in [6, 6.07) is 0.488. The first-order chi connectivity index (χ1) is 14.2. The summed E-state index contributed by atoms with van der Waals surface area (Å²) in [6.07, 6.45) is 3.64. The Morgan fingerprint density at radius 3 is 2.57 bits per heavy atom. The molecule has 0 radical (unpaired) electrons. The second-order valence-electron chi connectivity index (χ2n) is 6.61. The van der Waals surface area contributed by atoms with Gasteiger partial charge in [0, 0.05) is 32.2 Å². The van der Waals surface area contributed by atoms with Crippen LogP contribution < -0.4 is 14.8 Å². The predicted molar refractivity (Wildman–Crippen MR) is 109 cm³/mol. The first kappa shape index (κ1) is 25.1. The Labute approximate surface area is 176 Å². The van der Waals surface area contributed by atoms with Crippen LogP contribution in [0.4, 0.5) is 0 Å². The van der Waals surface area contributed by atoms with Gasteiger partial charge in [-0.1, -0.05) is 13.0 Å². The van der Waals surface area contributed by atoms with E-state index in [0.29, 0.717) is 13.0 Å². The van der Waals surface area contributed by atoms with Gasteiger partial charge in [0.2, 0.25) is 5.75 Å². The zero-order chi connectivity index (χ0) is 22.7. The standard InChI is InChI=1S/C21H30N2O7/c1-7-11-28-16(8-2)12-13(3)29-21(26)14(4)23-20(25)18-19(30-15(5)24)17(27-6)9-10-22-18/h8-10,13-14,16H,2,7,11-12H2,1,3-6H3,(H,23,25)/t13?,14-,16?/m0/s1. The summed E-state index contributed by atoms with van der Waals surface area (Å²) in [5, 5.41) is 2.49. The molecule has 0 bridgehead atoms. The molecule has 0 aliphatic carbocycles. The number of carbonyl (C=O) groups excluding carboxylic acids is 3. The van der Waals surface area contributed by atoms with Crippen LogP contribution in [0, 0.1) is 0 Å². The average Bonchev–Trinajstić information content (AvgIpc) is 2.70. The van der Waals surface area contributed by atoms with E-state index in [1.807, 2.05) is 6.92 Å². The molecule has 0 aromatic carbocycles. The van der Waals surface area contributed by atoms with Gasteiger partial charge in [0.1, 0.15) is 12.1 Å². The summed E-state index contributed by atoms with van der Waals surface area (Å²) >= 11 is 0. The Bertz CT molecular complexity index is 751. The third kappa shape index (κ3) is 7.82. The number of pyridine rings is 1. The maximum atomic E-state index is 12.6. The van der Waals surface area contributed by atoms with Crippen molar-refractivity contribution < 1.29 is 33.3 Å². The first-order valence-corrected chi connectivity index (χ1v) is 9.70. The summed E-state index contributed by atoms with van der Waals surface area (Å²) < 4.78 is 21.2. The lowest BCUT2D eigenvalue weighted by molar-refractivity contribution is -0.151. The molecule has 0 spiro atoms. The molecular weight excluding hydrogens is 392 g/mol. The second-order valence-corrected chi connectivity index (χ2v) is 6.61. The molecule has 0 fully saturated rings. The molecule has 3 atom stereocenters. The number of hydrogen-bond acceptors (Lipinski definition) is 8. The van der Waals surface area contributed by atoms with Crippen molar-refractivity contribution in [3.63, 3.8) is 0 Å². The van der Waals surface area contributed by atoms with Crippen molar-refractivity contribution in [1.82, 2.24) is 10.3 Å². The Kier molecular flexibility index (Phi) is 10.5. The summed E-state index contributed by atoms with van der Waals surface area (Å²) in [6.45, 7) is 10.7. The highest BCUT2D eigenvalue weighted by Crippen LogP contribution is 2.29. The van der Waals surface area contributed by atoms with E-state index in [-0.39, 0.29) is 23.3 Å². The lowest BCUT2D eigenvalue weighted by atomic mass is 10.1. The molecule has 166 valence electrons. The fourth-order valence-corrected chi connectivity index (χ4v) is 2.50. The molecule has 0 aliphatic heterocycles. The third-order valence-corrected chi connectivity index (χ3v) is 3.93. The van der Waals surface area contributed by atoms with Crippen molar-refractivity contribution in [3.8, 4) is 11.5 Å². The van der Waals surface area contributed by atoms with Crippen molar-refractivity contribution in [2.45, 2.75) is 58.8 Å². The molecule has 30 heavy (non-hydrogen) atoms. The lowest BCUT2D eigenvalue weighted by Crippen LogP contribution is -2.41. The van der Waals surface area contributed by atoms with E-state index in [1.54, 1.807) is 13.0 Å². The summed E-state index contributed by atoms with van der Waals surface area (Å²) in [5.41, 5.74) is -0.183. The summed E-state index contributed by atoms with van der Waals surface area (Å²) in [7, 11) is 1.37. The van der Waals surface area contributed by atoms with Crippen LogP contribution in [0.25, 0.3) is 0 Å². The zero-order valence-corrected chi connectivity index (χ0v) is 18.1. The van der Waals surface area contributed by atoms with Gasteiger partial charge < -0.3 is 24.3 Å². The van der Waals surface area contributed by atoms with Crippen LogP contribution in [-0.4, -0.2) is 54.8 Å². The molecule has 1 aromatic rings. The van der Waals surface area contributed by atoms with Crippen molar-refractivity contribution in [3.05, 3.63) is 30.6 Å². The highest BCUT2D eigenvalue weighted by molar-refractivity contribution is 5.98. The van der Waals surface area contributed by atoms with Gasteiger partial charge in [0.05, 0.1) is 13.2 Å². The zero-order valence-electron chi connectivity index (χ0n) is 18.1. The molecule has 1 N–H and O–H groups in total. The maximum Gasteiger partial charge on any atom is 0.328 e. The Morgan fingerprint density at radius 2 is 2.00 bits per heavy atom. The van der Waals surface area contributed by atoms with Gasteiger partial charge in [-0.2, -0.15) is 0 Å². The SMILES string of the molecule is C=CC(CC(C)OC(=O)[C@H](C)NC(=O)c1nccc(OC)c1OC(C)=O)OCCC. The maximum absolute atomic E-state index is 12.6. The number of carbonyl (C=O) groups is 3. The van der Waals surface area contributed by atoms with E-state index in [2.05, 4.69) is 16.9 Å². The molecule has 0 saturated carbocycles. The smallest absolute Gasteiger partial charge is 0.328 e. The quantitative estimate of drug-likeness (QED) is 0.404. The van der Waals surface area contributed by atoms with Gasteiger partial charge in [-0.3, -0.25) is 9.59 Å². The highest BCUT2D eigenvalue weighted by atomic mass is 16.6. The van der Waals surface area contributed by atoms with Crippen LogP contribution in [0.15, 0.2) is 24.9 Å². The van der Waals surface area contributed by atoms with Crippen LogP contribution in [0.2, 0.25) is 0 Å². The van der Waals surface area contributed by atoms with Crippen LogP contribution in [0.1, 0.15) is 51.0 Å². The fraction of sp³-hybridized carbons (Fsp3) is 0.524. The van der Waals surface area contributed by atoms with Gasteiger partial charge in [-0.15, -0.1) is 6.58 Å². The van der Waals surface area contributed by atoms with Crippen molar-refractivity contribution in [2.24, 2.45) is 0 Å². The second kappa shape index (κ2) is 12.6. The molecule has 1 rings (SSSR count). The topological polar surface area (TPSA) is 113 Å². The minimum atomic E-state index is -0.961. The van der Waals surface area contributed by atoms with Crippen LogP contribution in [0.3, 0.4) is 0 Å². The number of ether oxygens (including phenoxy) is 4. The van der Waals surface area contributed by atoms with E-state index in [4.69, 9.17) is 18.9 Å². The molecule has 1 aromatic heterocycles. The molecule has 0 saturated heterocycles. The van der Waals surface area contributed by atoms with Gasteiger partial charge in [-0.25, -0.2) is 9.78 Å². The molecule has 2 unspecified atom stereocenters. The lowest BCUT2D eigenvalue weighted by Gasteiger charge is -2.21. The summed E-state index contributed by atoms with van der Waals surface area (Å²) in [5.74, 6) is -1.93. The molecular formula is C21H30N2O7. The Balaban J connectivity index is 2.77. The Hall–Kier alpha value is -2.94. The van der Waals surface area contributed by atoms with Gasteiger partial charge >= 0.3 is 11.9 Å². The Morgan fingerprint density at radius 1 is 1.30 bits per heavy atom. The van der Waals surface area contributed by atoms with Crippen LogP contribution in [0.5, 0.6) is 11.5 Å². The van der Waals surface area contributed by atoms with Crippen LogP contribution in [-0.2, 0) is 19.1 Å². The number of methoxy groups -OCH3 is 1. The van der Waals surface area contributed by atoms with E-state index in [0.717, 1.165) is 6.42 Å². The predicted octanol–water partition coefficient (Wildman–Crippen LogP) is 2.44. The normalized spacial score (nSPS) is 13.5. The fourth-order valence-electron chi connectivity index (χ4n) is 2.50. The highest BCUT2D eigenvalue weighted by Gasteiger charge is 2.25. The number of rotatable bonds is 12. The van der Waals surface area contributed by atoms with Gasteiger partial charge in [0.25, 0.3) is 5.91 Å². The van der Waals surface area contributed by atoms with Crippen molar-refractivity contribution >= 4 is 17.8 Å². The number of nitrogens with zero attached hydrogens (tertiary/aromatic N) is 1. The first-order valence-electron chi connectivity index (χ1n) is 9.70. The molecule has 0 aliphatic rings. The number of aromatic nitrogens is 1. The van der Waals surface area contributed by atoms with Crippen LogP contribution >= 0.6 is 0 Å². The molecule has 1 amide bonds. The van der Waals surface area contributed by atoms with Gasteiger partial charge in [0.15, 0.2) is 11.4 Å². The van der Waals surface area contributed by atoms with E-state index < -0.39 is 30.0 Å².